The van der Waals surface area contributed by atoms with Gasteiger partial charge in [0.1, 0.15) is 5.82 Å². The molecule has 2 nitrogen and oxygen atoms in total. The second-order valence-corrected chi connectivity index (χ2v) is 4.67. The summed E-state index contributed by atoms with van der Waals surface area (Å²) in [6.07, 6.45) is 0.296. The molecule has 98 valence electrons. The monoisotopic (exact) mass is 257 g/mol. The summed E-state index contributed by atoms with van der Waals surface area (Å²) in [7, 11) is 0. The first-order valence-electron chi connectivity index (χ1n) is 6.16. The molecule has 0 radical (unpaired) electrons. The Balaban J connectivity index is 2.07. The summed E-state index contributed by atoms with van der Waals surface area (Å²) in [6, 6.07) is 11.9. The van der Waals surface area contributed by atoms with E-state index in [9.17, 15) is 9.18 Å². The second kappa shape index (κ2) is 5.65. The number of hydrogen-bond donors (Lipinski definition) is 1. The van der Waals surface area contributed by atoms with Crippen molar-refractivity contribution in [3.8, 4) is 0 Å². The smallest absolute Gasteiger partial charge is 0.228 e. The van der Waals surface area contributed by atoms with Gasteiger partial charge in [0.2, 0.25) is 5.91 Å². The van der Waals surface area contributed by atoms with Gasteiger partial charge < -0.3 is 5.32 Å². The Morgan fingerprint density at radius 2 is 1.95 bits per heavy atom. The third kappa shape index (κ3) is 3.65. The molecule has 2 aromatic carbocycles. The Morgan fingerprint density at radius 3 is 2.68 bits per heavy atom. The number of halogens is 1. The predicted molar refractivity (Wildman–Crippen MR) is 74.6 cm³/mol. The van der Waals surface area contributed by atoms with Gasteiger partial charge in [-0.2, -0.15) is 0 Å². The number of anilines is 1. The number of hydrogen-bond acceptors (Lipinski definition) is 1. The van der Waals surface area contributed by atoms with E-state index in [4.69, 9.17) is 0 Å². The fourth-order valence-electron chi connectivity index (χ4n) is 1.94. The molecule has 0 saturated carbocycles. The Bertz CT molecular complexity index is 607. The standard InChI is InChI=1S/C16H16FNO/c1-11-6-7-12(2)13(8-11)9-16(19)18-15-5-3-4-14(17)10-15/h3-8,10H,9H2,1-2H3,(H,18,19). The first kappa shape index (κ1) is 13.3. The largest absolute Gasteiger partial charge is 0.326 e. The van der Waals surface area contributed by atoms with Crippen LogP contribution < -0.4 is 5.32 Å². The number of nitrogens with one attached hydrogen (secondary N) is 1. The van der Waals surface area contributed by atoms with Crippen LogP contribution >= 0.6 is 0 Å². The lowest BCUT2D eigenvalue weighted by atomic mass is 10.0. The number of benzene rings is 2. The van der Waals surface area contributed by atoms with Crippen molar-refractivity contribution < 1.29 is 9.18 Å². The highest BCUT2D eigenvalue weighted by molar-refractivity contribution is 5.92. The van der Waals surface area contributed by atoms with E-state index < -0.39 is 0 Å². The molecule has 0 saturated heterocycles. The maximum absolute atomic E-state index is 13.0. The Labute approximate surface area is 112 Å². The highest BCUT2D eigenvalue weighted by atomic mass is 19.1. The molecule has 1 amide bonds. The number of amides is 1. The molecule has 0 spiro atoms. The molecule has 0 aliphatic carbocycles. The van der Waals surface area contributed by atoms with E-state index in [2.05, 4.69) is 5.32 Å². The molecule has 3 heteroatoms. The Morgan fingerprint density at radius 1 is 1.16 bits per heavy atom. The van der Waals surface area contributed by atoms with Crippen LogP contribution in [0.1, 0.15) is 16.7 Å². The van der Waals surface area contributed by atoms with Crippen LogP contribution in [0, 0.1) is 19.7 Å². The van der Waals surface area contributed by atoms with Crippen LogP contribution in [-0.2, 0) is 11.2 Å². The van der Waals surface area contributed by atoms with E-state index in [1.807, 2.05) is 32.0 Å². The maximum Gasteiger partial charge on any atom is 0.228 e. The SMILES string of the molecule is Cc1ccc(C)c(CC(=O)Nc2cccc(F)c2)c1. The Kier molecular flexibility index (Phi) is 3.95. The van der Waals surface area contributed by atoms with E-state index in [0.29, 0.717) is 12.1 Å². The molecule has 0 unspecified atom stereocenters. The second-order valence-electron chi connectivity index (χ2n) is 4.67. The van der Waals surface area contributed by atoms with Crippen LogP contribution in [-0.4, -0.2) is 5.91 Å². The van der Waals surface area contributed by atoms with Gasteiger partial charge in [-0.3, -0.25) is 4.79 Å². The molecule has 2 aromatic rings. The van der Waals surface area contributed by atoms with Crippen molar-refractivity contribution in [3.63, 3.8) is 0 Å². The molecule has 0 aliphatic heterocycles. The molecule has 1 N–H and O–H groups in total. The molecule has 0 aromatic heterocycles. The average molecular weight is 257 g/mol. The van der Waals surface area contributed by atoms with Crippen molar-refractivity contribution in [2.24, 2.45) is 0 Å². The van der Waals surface area contributed by atoms with Crippen LogP contribution in [0.25, 0.3) is 0 Å². The number of carbonyl (C=O) groups is 1. The molecular weight excluding hydrogens is 241 g/mol. The number of rotatable bonds is 3. The lowest BCUT2D eigenvalue weighted by Crippen LogP contribution is -2.15. The molecule has 0 heterocycles. The molecule has 19 heavy (non-hydrogen) atoms. The van der Waals surface area contributed by atoms with Crippen LogP contribution in [0.5, 0.6) is 0 Å². The van der Waals surface area contributed by atoms with Gasteiger partial charge >= 0.3 is 0 Å². The minimum absolute atomic E-state index is 0.140. The van der Waals surface area contributed by atoms with Crippen molar-refractivity contribution in [2.45, 2.75) is 20.3 Å². The van der Waals surface area contributed by atoms with Gasteiger partial charge in [-0.15, -0.1) is 0 Å². The summed E-state index contributed by atoms with van der Waals surface area (Å²) < 4.78 is 13.0. The minimum Gasteiger partial charge on any atom is -0.326 e. The predicted octanol–water partition coefficient (Wildman–Crippen LogP) is 3.62. The van der Waals surface area contributed by atoms with Gasteiger partial charge in [-0.05, 0) is 43.2 Å². The summed E-state index contributed by atoms with van der Waals surface area (Å²) in [6.45, 7) is 3.97. The summed E-state index contributed by atoms with van der Waals surface area (Å²) in [4.78, 5) is 11.9. The van der Waals surface area contributed by atoms with E-state index in [1.165, 1.54) is 12.1 Å². The molecule has 0 aliphatic rings. The summed E-state index contributed by atoms with van der Waals surface area (Å²) in [5.41, 5.74) is 3.68. The van der Waals surface area contributed by atoms with E-state index in [-0.39, 0.29) is 11.7 Å². The van der Waals surface area contributed by atoms with Crippen molar-refractivity contribution >= 4 is 11.6 Å². The third-order valence-electron chi connectivity index (χ3n) is 2.96. The van der Waals surface area contributed by atoms with Crippen molar-refractivity contribution in [2.75, 3.05) is 5.32 Å². The lowest BCUT2D eigenvalue weighted by molar-refractivity contribution is -0.115. The van der Waals surface area contributed by atoms with Crippen LogP contribution in [0.15, 0.2) is 42.5 Å². The zero-order valence-corrected chi connectivity index (χ0v) is 11.0. The van der Waals surface area contributed by atoms with Crippen LogP contribution in [0.2, 0.25) is 0 Å². The molecular formula is C16H16FNO. The third-order valence-corrected chi connectivity index (χ3v) is 2.96. The normalized spacial score (nSPS) is 10.3. The highest BCUT2D eigenvalue weighted by Gasteiger charge is 2.07. The molecule has 0 atom stereocenters. The summed E-state index contributed by atoms with van der Waals surface area (Å²) in [5, 5.41) is 2.70. The first-order chi connectivity index (χ1) is 9.04. The van der Waals surface area contributed by atoms with Crippen LogP contribution in [0.3, 0.4) is 0 Å². The Hall–Kier alpha value is -2.16. The summed E-state index contributed by atoms with van der Waals surface area (Å²) in [5.74, 6) is -0.496. The summed E-state index contributed by atoms with van der Waals surface area (Å²) >= 11 is 0. The van der Waals surface area contributed by atoms with E-state index >= 15 is 0 Å². The zero-order chi connectivity index (χ0) is 13.8. The highest BCUT2D eigenvalue weighted by Crippen LogP contribution is 2.13. The lowest BCUT2D eigenvalue weighted by Gasteiger charge is -2.08. The topological polar surface area (TPSA) is 29.1 Å². The van der Waals surface area contributed by atoms with Crippen molar-refractivity contribution in [1.29, 1.82) is 0 Å². The van der Waals surface area contributed by atoms with Crippen molar-refractivity contribution in [1.82, 2.24) is 0 Å². The maximum atomic E-state index is 13.0. The fraction of sp³-hybridized carbons (Fsp3) is 0.188. The van der Waals surface area contributed by atoms with Gasteiger partial charge in [0.15, 0.2) is 0 Å². The molecule has 0 fully saturated rings. The van der Waals surface area contributed by atoms with Gasteiger partial charge in [-0.1, -0.05) is 29.8 Å². The fourth-order valence-corrected chi connectivity index (χ4v) is 1.94. The van der Waals surface area contributed by atoms with Gasteiger partial charge in [-0.25, -0.2) is 4.39 Å². The number of aryl methyl sites for hydroxylation is 2. The minimum atomic E-state index is -0.357. The van der Waals surface area contributed by atoms with E-state index in [1.54, 1.807) is 12.1 Å². The average Bonchev–Trinajstić information content (AvgIpc) is 2.34. The quantitative estimate of drug-likeness (QED) is 0.894. The van der Waals surface area contributed by atoms with Crippen LogP contribution in [0.4, 0.5) is 10.1 Å². The first-order valence-corrected chi connectivity index (χ1v) is 6.16. The van der Waals surface area contributed by atoms with Gasteiger partial charge in [0, 0.05) is 5.69 Å². The van der Waals surface area contributed by atoms with E-state index in [0.717, 1.165) is 16.7 Å². The molecule has 0 bridgehead atoms. The molecule has 2 rings (SSSR count). The van der Waals surface area contributed by atoms with Gasteiger partial charge in [0.25, 0.3) is 0 Å². The number of carbonyl (C=O) groups excluding carboxylic acids is 1. The van der Waals surface area contributed by atoms with Crippen molar-refractivity contribution in [3.05, 3.63) is 65.0 Å². The zero-order valence-electron chi connectivity index (χ0n) is 11.0. The van der Waals surface area contributed by atoms with Gasteiger partial charge in [0.05, 0.1) is 6.42 Å².